The molecule has 74 valence electrons. The third-order valence-electron chi connectivity index (χ3n) is 1.68. The van der Waals surface area contributed by atoms with E-state index in [4.69, 9.17) is 14.9 Å². The molecule has 12 heavy (non-hydrogen) atoms. The van der Waals surface area contributed by atoms with Gasteiger partial charge < -0.3 is 19.8 Å². The van der Waals surface area contributed by atoms with Gasteiger partial charge in [-0.1, -0.05) is 13.8 Å². The van der Waals surface area contributed by atoms with Crippen LogP contribution in [0.15, 0.2) is 0 Å². The number of hydrogen-bond donors (Lipinski definition) is 2. The molecule has 0 aliphatic carbocycles. The first kappa shape index (κ1) is 11.8. The van der Waals surface area contributed by atoms with E-state index in [9.17, 15) is 0 Å². The first-order chi connectivity index (χ1) is 5.49. The van der Waals surface area contributed by atoms with Crippen LogP contribution in [-0.2, 0) is 4.74 Å². The summed E-state index contributed by atoms with van der Waals surface area (Å²) >= 11 is 0. The molecule has 0 amide bonds. The fraction of sp³-hybridized carbons (Fsp3) is 1.00. The molecular weight excluding hydrogens is 158 g/mol. The van der Waals surface area contributed by atoms with Gasteiger partial charge in [0.2, 0.25) is 0 Å². The number of rotatable bonds is 6. The molecule has 0 aromatic rings. The van der Waals surface area contributed by atoms with Crippen molar-refractivity contribution < 1.29 is 14.9 Å². The zero-order chi connectivity index (χ0) is 9.61. The molecule has 0 saturated carbocycles. The van der Waals surface area contributed by atoms with Gasteiger partial charge in [0.15, 0.2) is 0 Å². The van der Waals surface area contributed by atoms with Gasteiger partial charge in [-0.3, -0.25) is 0 Å². The standard InChI is InChI=1S/C8H19NO3/c1-4-9(5-2)6-7-12-8(3,10)11/h10-11H,4-7H2,1-3H3. The second kappa shape index (κ2) is 5.48. The topological polar surface area (TPSA) is 52.9 Å². The van der Waals surface area contributed by atoms with Crippen molar-refractivity contribution in [3.8, 4) is 0 Å². The van der Waals surface area contributed by atoms with Crippen LogP contribution in [0.1, 0.15) is 20.8 Å². The molecule has 0 spiro atoms. The SMILES string of the molecule is CCN(CC)CCOC(C)(O)O. The maximum absolute atomic E-state index is 8.79. The first-order valence-corrected chi connectivity index (χ1v) is 4.30. The molecule has 0 radical (unpaired) electrons. The number of aliphatic hydroxyl groups is 2. The Hall–Kier alpha value is -0.160. The monoisotopic (exact) mass is 177 g/mol. The molecule has 0 rings (SSSR count). The highest BCUT2D eigenvalue weighted by Gasteiger charge is 2.14. The van der Waals surface area contributed by atoms with Crippen LogP contribution < -0.4 is 0 Å². The molecule has 0 atom stereocenters. The summed E-state index contributed by atoms with van der Waals surface area (Å²) in [4.78, 5) is 2.14. The van der Waals surface area contributed by atoms with Crippen LogP contribution >= 0.6 is 0 Å². The summed E-state index contributed by atoms with van der Waals surface area (Å²) in [6, 6.07) is 0. The molecule has 0 aliphatic heterocycles. The normalized spacial score (nSPS) is 12.5. The predicted octanol–water partition coefficient (Wildman–Crippen LogP) is 0.00310. The Morgan fingerprint density at radius 3 is 2.08 bits per heavy atom. The van der Waals surface area contributed by atoms with Gasteiger partial charge in [0.1, 0.15) is 0 Å². The van der Waals surface area contributed by atoms with Gasteiger partial charge in [-0.2, -0.15) is 0 Å². The van der Waals surface area contributed by atoms with Gasteiger partial charge >= 0.3 is 0 Å². The van der Waals surface area contributed by atoms with E-state index >= 15 is 0 Å². The fourth-order valence-corrected chi connectivity index (χ4v) is 0.908. The number of likely N-dealkylation sites (N-methyl/N-ethyl adjacent to an activating group) is 1. The minimum absolute atomic E-state index is 0.338. The maximum Gasteiger partial charge on any atom is 0.274 e. The van der Waals surface area contributed by atoms with Gasteiger partial charge in [0, 0.05) is 13.5 Å². The Labute approximate surface area is 73.8 Å². The van der Waals surface area contributed by atoms with Crippen LogP contribution in [0.25, 0.3) is 0 Å². The first-order valence-electron chi connectivity index (χ1n) is 4.30. The fourth-order valence-electron chi connectivity index (χ4n) is 0.908. The Bertz CT molecular complexity index is 107. The summed E-state index contributed by atoms with van der Waals surface area (Å²) in [5, 5.41) is 17.6. The minimum atomic E-state index is -1.99. The summed E-state index contributed by atoms with van der Waals surface area (Å²) in [7, 11) is 0. The van der Waals surface area contributed by atoms with Crippen molar-refractivity contribution >= 4 is 0 Å². The van der Waals surface area contributed by atoms with Crippen LogP contribution in [0.4, 0.5) is 0 Å². The van der Waals surface area contributed by atoms with E-state index in [-0.39, 0.29) is 0 Å². The summed E-state index contributed by atoms with van der Waals surface area (Å²) in [5.74, 6) is -1.99. The lowest BCUT2D eigenvalue weighted by molar-refractivity contribution is -0.325. The van der Waals surface area contributed by atoms with E-state index in [1.165, 1.54) is 6.92 Å². The van der Waals surface area contributed by atoms with Gasteiger partial charge in [-0.25, -0.2) is 0 Å². The highest BCUT2D eigenvalue weighted by molar-refractivity contribution is 4.51. The van der Waals surface area contributed by atoms with Crippen molar-refractivity contribution in [2.24, 2.45) is 0 Å². The van der Waals surface area contributed by atoms with E-state index in [1.54, 1.807) is 0 Å². The van der Waals surface area contributed by atoms with Crippen molar-refractivity contribution in [1.29, 1.82) is 0 Å². The van der Waals surface area contributed by atoms with Crippen molar-refractivity contribution in [3.63, 3.8) is 0 Å². The summed E-state index contributed by atoms with van der Waals surface area (Å²) in [6.07, 6.45) is 0. The lowest BCUT2D eigenvalue weighted by Crippen LogP contribution is -2.33. The van der Waals surface area contributed by atoms with Crippen LogP contribution in [0.2, 0.25) is 0 Å². The second-order valence-corrected chi connectivity index (χ2v) is 2.81. The van der Waals surface area contributed by atoms with Crippen LogP contribution in [0.5, 0.6) is 0 Å². The third kappa shape index (κ3) is 6.54. The van der Waals surface area contributed by atoms with Crippen LogP contribution in [0, 0.1) is 0 Å². The van der Waals surface area contributed by atoms with E-state index in [1.807, 2.05) is 0 Å². The zero-order valence-electron chi connectivity index (χ0n) is 8.08. The Morgan fingerprint density at radius 2 is 1.75 bits per heavy atom. The number of hydrogen-bond acceptors (Lipinski definition) is 4. The van der Waals surface area contributed by atoms with E-state index in [0.717, 1.165) is 19.6 Å². The van der Waals surface area contributed by atoms with Crippen molar-refractivity contribution in [1.82, 2.24) is 4.90 Å². The summed E-state index contributed by atoms with van der Waals surface area (Å²) in [5.41, 5.74) is 0. The Balaban J connectivity index is 3.41. The maximum atomic E-state index is 8.79. The van der Waals surface area contributed by atoms with Crippen molar-refractivity contribution in [2.45, 2.75) is 26.7 Å². The third-order valence-corrected chi connectivity index (χ3v) is 1.68. The average Bonchev–Trinajstić information content (AvgIpc) is 1.96. The molecule has 0 bridgehead atoms. The highest BCUT2D eigenvalue weighted by atomic mass is 16.8. The van der Waals surface area contributed by atoms with Gasteiger partial charge in [-0.05, 0) is 13.1 Å². The van der Waals surface area contributed by atoms with Crippen molar-refractivity contribution in [2.75, 3.05) is 26.2 Å². The van der Waals surface area contributed by atoms with Gasteiger partial charge in [0.25, 0.3) is 5.97 Å². The Kier molecular flexibility index (Phi) is 5.41. The Morgan fingerprint density at radius 1 is 1.25 bits per heavy atom. The second-order valence-electron chi connectivity index (χ2n) is 2.81. The van der Waals surface area contributed by atoms with Crippen LogP contribution in [-0.4, -0.2) is 47.3 Å². The molecule has 0 unspecified atom stereocenters. The average molecular weight is 177 g/mol. The van der Waals surface area contributed by atoms with Gasteiger partial charge in [0.05, 0.1) is 6.61 Å². The molecule has 0 heterocycles. The zero-order valence-corrected chi connectivity index (χ0v) is 8.08. The van der Waals surface area contributed by atoms with Crippen LogP contribution in [0.3, 0.4) is 0 Å². The number of nitrogens with zero attached hydrogens (tertiary/aromatic N) is 1. The molecule has 0 aliphatic rings. The lowest BCUT2D eigenvalue weighted by Gasteiger charge is -2.21. The van der Waals surface area contributed by atoms with E-state index in [0.29, 0.717) is 6.61 Å². The van der Waals surface area contributed by atoms with E-state index in [2.05, 4.69) is 18.7 Å². The molecular formula is C8H19NO3. The van der Waals surface area contributed by atoms with Crippen molar-refractivity contribution in [3.05, 3.63) is 0 Å². The molecule has 4 heteroatoms. The molecule has 4 nitrogen and oxygen atoms in total. The molecule has 0 saturated heterocycles. The highest BCUT2D eigenvalue weighted by Crippen LogP contribution is 1.98. The predicted molar refractivity (Wildman–Crippen MR) is 46.6 cm³/mol. The molecule has 0 aromatic heterocycles. The van der Waals surface area contributed by atoms with Gasteiger partial charge in [-0.15, -0.1) is 0 Å². The molecule has 0 aromatic carbocycles. The minimum Gasteiger partial charge on any atom is -0.344 e. The quantitative estimate of drug-likeness (QED) is 0.561. The number of ether oxygens (including phenoxy) is 1. The summed E-state index contributed by atoms with van der Waals surface area (Å²) in [6.45, 7) is 8.28. The lowest BCUT2D eigenvalue weighted by atomic mass is 10.5. The largest absolute Gasteiger partial charge is 0.344 e. The molecule has 2 N–H and O–H groups in total. The summed E-state index contributed by atoms with van der Waals surface area (Å²) < 4.78 is 4.73. The van der Waals surface area contributed by atoms with E-state index < -0.39 is 5.97 Å². The molecule has 0 fully saturated rings. The smallest absolute Gasteiger partial charge is 0.274 e.